The number of amidine groups is 1. The van der Waals surface area contributed by atoms with Gasteiger partial charge in [0.15, 0.2) is 0 Å². The molecule has 4 saturated carbocycles. The monoisotopic (exact) mass is 930 g/mol. The van der Waals surface area contributed by atoms with Crippen molar-refractivity contribution in [2.45, 2.75) is 107 Å². The van der Waals surface area contributed by atoms with Crippen molar-refractivity contribution in [1.82, 2.24) is 15.1 Å². The Morgan fingerprint density at radius 2 is 1.39 bits per heavy atom. The van der Waals surface area contributed by atoms with Gasteiger partial charge in [-0.1, -0.05) is 66.3 Å². The van der Waals surface area contributed by atoms with Crippen LogP contribution in [0.1, 0.15) is 106 Å². The average molecular weight is 934 g/mol. The maximum atomic E-state index is 12.0. The Hall–Kier alpha value is -1.79. The van der Waals surface area contributed by atoms with Gasteiger partial charge in [0.1, 0.15) is 0 Å². The van der Waals surface area contributed by atoms with Gasteiger partial charge < -0.3 is 19.7 Å². The Bertz CT molecular complexity index is 1720. The molecule has 294 valence electrons. The van der Waals surface area contributed by atoms with Crippen molar-refractivity contribution in [3.8, 4) is 0 Å². The van der Waals surface area contributed by atoms with Crippen molar-refractivity contribution in [3.63, 3.8) is 0 Å². The highest BCUT2D eigenvalue weighted by Crippen LogP contribution is 2.55. The van der Waals surface area contributed by atoms with Crippen LogP contribution in [-0.2, 0) is 43.0 Å². The minimum atomic E-state index is -0.211. The fourth-order valence-electron chi connectivity index (χ4n) is 8.93. The third-order valence-electron chi connectivity index (χ3n) is 13.0. The quantitative estimate of drug-likeness (QED) is 0.237. The van der Waals surface area contributed by atoms with Gasteiger partial charge in [0.2, 0.25) is 0 Å². The number of benzene rings is 2. The zero-order chi connectivity index (χ0) is 38.0. The molecule has 0 bridgehead atoms. The molecule has 1 saturated heterocycles. The first kappa shape index (κ1) is 40.4. The third kappa shape index (κ3) is 9.16. The first-order valence-electron chi connectivity index (χ1n) is 20.1. The maximum Gasteiger partial charge on any atom is 0.313 e. The molecule has 0 amide bonds. The van der Waals surface area contributed by atoms with Crippen molar-refractivity contribution < 1.29 is 19.1 Å². The lowest BCUT2D eigenvalue weighted by molar-refractivity contribution is -0.148. The SMILES string of the molecule is Brc1ccc2c(c1)C1(CC1)CNC2.C1CCC2=NCCCN2CC1.COC(=O)C1(CBr)CC1.COC(=O)C1(CN2Cc3ccc(Br)cc3C3(CC3)C2)CC1. The van der Waals surface area contributed by atoms with Crippen molar-refractivity contribution >= 4 is 65.6 Å². The lowest BCUT2D eigenvalue weighted by Gasteiger charge is -2.36. The number of esters is 2. The molecular weight excluding hydrogens is 876 g/mol. The zero-order valence-electron chi connectivity index (χ0n) is 32.1. The van der Waals surface area contributed by atoms with E-state index < -0.39 is 0 Å². The molecule has 11 heteroatoms. The minimum absolute atomic E-state index is 0.0195. The first-order chi connectivity index (χ1) is 26.1. The Morgan fingerprint density at radius 1 is 0.778 bits per heavy atom. The van der Waals surface area contributed by atoms with E-state index in [-0.39, 0.29) is 22.8 Å². The molecule has 4 aliphatic heterocycles. The predicted molar refractivity (Wildman–Crippen MR) is 225 cm³/mol. The predicted octanol–water partition coefficient (Wildman–Crippen LogP) is 8.83. The molecule has 2 spiro atoms. The highest BCUT2D eigenvalue weighted by molar-refractivity contribution is 9.10. The Labute approximate surface area is 347 Å². The fraction of sp³-hybridized carbons (Fsp3) is 0.651. The second kappa shape index (κ2) is 17.0. The lowest BCUT2D eigenvalue weighted by Crippen LogP contribution is -2.42. The van der Waals surface area contributed by atoms with Gasteiger partial charge >= 0.3 is 11.9 Å². The number of fused-ring (bicyclic) bond motifs is 5. The Morgan fingerprint density at radius 3 is 1.98 bits per heavy atom. The van der Waals surface area contributed by atoms with E-state index in [1.165, 1.54) is 123 Å². The summed E-state index contributed by atoms with van der Waals surface area (Å²) in [5, 5.41) is 4.24. The van der Waals surface area contributed by atoms with Crippen LogP contribution in [0.25, 0.3) is 0 Å². The summed E-state index contributed by atoms with van der Waals surface area (Å²) in [7, 11) is 2.94. The highest BCUT2D eigenvalue weighted by Gasteiger charge is 2.55. The van der Waals surface area contributed by atoms with E-state index in [2.05, 4.69) is 109 Å². The van der Waals surface area contributed by atoms with Crippen molar-refractivity contribution in [2.75, 3.05) is 58.8 Å². The molecule has 0 aromatic heterocycles. The number of ether oxygens (including phenoxy) is 2. The van der Waals surface area contributed by atoms with Gasteiger partial charge in [-0.15, -0.1) is 0 Å². The smallest absolute Gasteiger partial charge is 0.313 e. The number of aliphatic imine (C=N–C) groups is 1. The molecule has 54 heavy (non-hydrogen) atoms. The van der Waals surface area contributed by atoms with Crippen LogP contribution >= 0.6 is 47.8 Å². The molecule has 2 aromatic carbocycles. The Balaban J connectivity index is 0.000000118. The zero-order valence-corrected chi connectivity index (χ0v) is 36.9. The summed E-state index contributed by atoms with van der Waals surface area (Å²) in [4.78, 5) is 32.4. The summed E-state index contributed by atoms with van der Waals surface area (Å²) >= 11 is 10.4. The fourth-order valence-corrected chi connectivity index (χ4v) is 10.4. The summed E-state index contributed by atoms with van der Waals surface area (Å²) in [6.07, 6.45) is 15.8. The molecular formula is C43H57Br3N4O4. The second-order valence-corrected chi connectivity index (χ2v) is 19.4. The summed E-state index contributed by atoms with van der Waals surface area (Å²) in [6, 6.07) is 13.4. The number of nitrogens with zero attached hydrogens (tertiary/aromatic N) is 3. The van der Waals surface area contributed by atoms with Crippen LogP contribution in [0.4, 0.5) is 0 Å². The molecule has 4 aliphatic carbocycles. The normalized spacial score (nSPS) is 23.7. The number of carbonyl (C=O) groups is 2. The standard InChI is InChI=1S/C17H20BrNO2.C11H12BrN.C9H16N2.C6H9BrO2/c1-21-15(20)17(6-7-17)11-19-9-12-2-3-13(18)8-14(12)16(10-19)4-5-16;12-9-2-1-8-6-13-7-11(3-4-11)10(8)5-9;1-2-5-9-10-6-4-8-11(9)7-3-1;1-9-5(8)6(4-7)2-3-6/h2-3,8H,4-7,9-11H2,1H3;1-2,5,13H,3-4,6-7H2;1-8H2;2-4H2,1H3. The van der Waals surface area contributed by atoms with Crippen LogP contribution in [0.3, 0.4) is 0 Å². The van der Waals surface area contributed by atoms with E-state index in [1.807, 2.05) is 0 Å². The van der Waals surface area contributed by atoms with Gasteiger partial charge in [-0.3, -0.25) is 19.5 Å². The summed E-state index contributed by atoms with van der Waals surface area (Å²) in [5.74, 6) is 1.31. The largest absolute Gasteiger partial charge is 0.469 e. The molecule has 0 atom stereocenters. The highest BCUT2D eigenvalue weighted by atomic mass is 79.9. The molecule has 4 heterocycles. The van der Waals surface area contributed by atoms with Crippen LogP contribution in [0.5, 0.6) is 0 Å². The first-order valence-corrected chi connectivity index (χ1v) is 22.8. The van der Waals surface area contributed by atoms with Gasteiger partial charge in [0.25, 0.3) is 0 Å². The number of methoxy groups -OCH3 is 2. The van der Waals surface area contributed by atoms with Crippen molar-refractivity contribution in [2.24, 2.45) is 15.8 Å². The minimum Gasteiger partial charge on any atom is -0.469 e. The van der Waals surface area contributed by atoms with Crippen molar-refractivity contribution in [1.29, 1.82) is 0 Å². The van der Waals surface area contributed by atoms with E-state index >= 15 is 0 Å². The van der Waals surface area contributed by atoms with Crippen LogP contribution in [0.2, 0.25) is 0 Å². The van der Waals surface area contributed by atoms with Crippen molar-refractivity contribution in [3.05, 3.63) is 67.6 Å². The molecule has 5 fully saturated rings. The number of hydrogen-bond donors (Lipinski definition) is 1. The molecule has 10 rings (SSSR count). The van der Waals surface area contributed by atoms with E-state index in [9.17, 15) is 9.59 Å². The second-order valence-electron chi connectivity index (χ2n) is 17.0. The Kier molecular flexibility index (Phi) is 12.7. The molecule has 0 unspecified atom stereocenters. The van der Waals surface area contributed by atoms with Crippen LogP contribution in [0.15, 0.2) is 50.3 Å². The molecule has 2 aromatic rings. The van der Waals surface area contributed by atoms with Crippen LogP contribution in [-0.4, -0.2) is 86.4 Å². The summed E-state index contributed by atoms with van der Waals surface area (Å²) in [6.45, 7) is 8.74. The van der Waals surface area contributed by atoms with Gasteiger partial charge in [-0.2, -0.15) is 0 Å². The molecule has 0 radical (unpaired) electrons. The van der Waals surface area contributed by atoms with Crippen LogP contribution < -0.4 is 5.32 Å². The maximum absolute atomic E-state index is 12.0. The number of nitrogens with one attached hydrogen (secondary N) is 1. The average Bonchev–Trinajstić information content (AvgIpc) is 3.98. The summed E-state index contributed by atoms with van der Waals surface area (Å²) < 4.78 is 12.0. The van der Waals surface area contributed by atoms with Gasteiger partial charge in [-0.25, -0.2) is 0 Å². The number of rotatable bonds is 5. The third-order valence-corrected chi connectivity index (χ3v) is 15.1. The lowest BCUT2D eigenvalue weighted by atomic mass is 9.86. The summed E-state index contributed by atoms with van der Waals surface area (Å²) in [5.41, 5.74) is 6.54. The van der Waals surface area contributed by atoms with E-state index in [0.717, 1.165) is 63.7 Å². The van der Waals surface area contributed by atoms with Gasteiger partial charge in [0.05, 0.1) is 30.9 Å². The number of alkyl halides is 1. The van der Waals surface area contributed by atoms with Gasteiger partial charge in [0, 0.05) is 83.9 Å². The number of carbonyl (C=O) groups excluding carboxylic acids is 2. The topological polar surface area (TPSA) is 83.5 Å². The molecule has 1 N–H and O–H groups in total. The van der Waals surface area contributed by atoms with E-state index in [1.54, 1.807) is 5.56 Å². The van der Waals surface area contributed by atoms with Gasteiger partial charge in [-0.05, 0) is 117 Å². The molecule has 8 nitrogen and oxygen atoms in total. The van der Waals surface area contributed by atoms with E-state index in [4.69, 9.17) is 4.74 Å². The number of hydrogen-bond acceptors (Lipinski definition) is 8. The van der Waals surface area contributed by atoms with E-state index in [0.29, 0.717) is 10.8 Å². The number of halogens is 3. The molecule has 8 aliphatic rings. The van der Waals surface area contributed by atoms with Crippen LogP contribution in [0, 0.1) is 10.8 Å².